The number of aryl methyl sites for hydroxylation is 1. The van der Waals surface area contributed by atoms with Crippen molar-refractivity contribution in [1.29, 1.82) is 0 Å². The Morgan fingerprint density at radius 3 is 2.54 bits per heavy atom. The third kappa shape index (κ3) is 4.28. The van der Waals surface area contributed by atoms with Gasteiger partial charge in [0.25, 0.3) is 0 Å². The first kappa shape index (κ1) is 18.3. The van der Waals surface area contributed by atoms with Gasteiger partial charge in [-0.1, -0.05) is 26.0 Å². The van der Waals surface area contributed by atoms with E-state index >= 15 is 0 Å². The van der Waals surface area contributed by atoms with Crippen LogP contribution in [0.1, 0.15) is 50.2 Å². The number of rotatable bonds is 6. The average molecular weight is 333 g/mol. The number of carbonyl (C=O) groups excluding carboxylic acids is 1. The lowest BCUT2D eigenvalue weighted by Gasteiger charge is -2.31. The number of piperidine rings is 1. The second kappa shape index (κ2) is 8.18. The van der Waals surface area contributed by atoms with E-state index in [1.165, 1.54) is 7.11 Å². The Kier molecular flexibility index (Phi) is 6.23. The van der Waals surface area contributed by atoms with Crippen LogP contribution in [0, 0.1) is 5.92 Å². The summed E-state index contributed by atoms with van der Waals surface area (Å²) in [6, 6.07) is 5.56. The van der Waals surface area contributed by atoms with Crippen LogP contribution in [0.2, 0.25) is 0 Å². The van der Waals surface area contributed by atoms with Crippen LogP contribution in [-0.4, -0.2) is 42.1 Å². The number of carbonyl (C=O) groups is 2. The number of nitrogens with zero attached hydrogens (tertiary/aromatic N) is 1. The van der Waals surface area contributed by atoms with Crippen molar-refractivity contribution in [3.63, 3.8) is 0 Å². The molecule has 1 unspecified atom stereocenters. The lowest BCUT2D eigenvalue weighted by Crippen LogP contribution is -2.39. The van der Waals surface area contributed by atoms with Crippen molar-refractivity contribution in [3.8, 4) is 5.75 Å². The van der Waals surface area contributed by atoms with Crippen LogP contribution in [0.4, 0.5) is 0 Å². The summed E-state index contributed by atoms with van der Waals surface area (Å²) in [5.41, 5.74) is 1.62. The molecule has 1 amide bonds. The summed E-state index contributed by atoms with van der Waals surface area (Å²) in [4.78, 5) is 26.2. The van der Waals surface area contributed by atoms with Gasteiger partial charge in [0.05, 0.1) is 13.0 Å². The van der Waals surface area contributed by atoms with E-state index in [0.717, 1.165) is 37.9 Å². The van der Waals surface area contributed by atoms with Gasteiger partial charge in [0.2, 0.25) is 5.91 Å². The van der Waals surface area contributed by atoms with Gasteiger partial charge in [0, 0.05) is 25.1 Å². The predicted molar refractivity (Wildman–Crippen MR) is 92.3 cm³/mol. The number of hydrogen-bond acceptors (Lipinski definition) is 3. The average Bonchev–Trinajstić information content (AvgIpc) is 2.59. The maximum absolute atomic E-state index is 12.6. The summed E-state index contributed by atoms with van der Waals surface area (Å²) in [7, 11) is 1.53. The molecule has 0 radical (unpaired) electrons. The number of methoxy groups -OCH3 is 1. The maximum atomic E-state index is 12.6. The van der Waals surface area contributed by atoms with E-state index in [-0.39, 0.29) is 12.3 Å². The molecule has 1 N–H and O–H groups in total. The molecule has 5 heteroatoms. The van der Waals surface area contributed by atoms with Crippen LogP contribution in [0.5, 0.6) is 5.75 Å². The topological polar surface area (TPSA) is 66.8 Å². The Labute approximate surface area is 143 Å². The molecule has 132 valence electrons. The fourth-order valence-electron chi connectivity index (χ4n) is 3.17. The summed E-state index contributed by atoms with van der Waals surface area (Å²) < 4.78 is 5.33. The molecule has 2 rings (SSSR count). The number of carboxylic acid groups (broad SMARTS) is 1. The molecule has 1 saturated heterocycles. The molecule has 0 bridgehead atoms. The highest BCUT2D eigenvalue weighted by molar-refractivity contribution is 5.86. The molecule has 0 aromatic heterocycles. The minimum absolute atomic E-state index is 0.0206. The first-order valence-corrected chi connectivity index (χ1v) is 8.63. The van der Waals surface area contributed by atoms with Crippen molar-refractivity contribution in [1.82, 2.24) is 4.90 Å². The predicted octanol–water partition coefficient (Wildman–Crippen LogP) is 3.07. The van der Waals surface area contributed by atoms with E-state index in [0.29, 0.717) is 17.2 Å². The van der Waals surface area contributed by atoms with Gasteiger partial charge in [-0.05, 0) is 36.8 Å². The second-order valence-electron chi connectivity index (χ2n) is 6.59. The van der Waals surface area contributed by atoms with E-state index in [9.17, 15) is 14.7 Å². The van der Waals surface area contributed by atoms with Crippen molar-refractivity contribution in [2.75, 3.05) is 20.2 Å². The maximum Gasteiger partial charge on any atom is 0.311 e. The third-order valence-corrected chi connectivity index (χ3v) is 4.89. The van der Waals surface area contributed by atoms with Crippen molar-refractivity contribution in [3.05, 3.63) is 29.3 Å². The smallest absolute Gasteiger partial charge is 0.311 e. The van der Waals surface area contributed by atoms with Crippen molar-refractivity contribution >= 4 is 11.9 Å². The molecular formula is C19H27NO4. The number of amides is 1. The number of benzene rings is 1. The van der Waals surface area contributed by atoms with Gasteiger partial charge in [-0.2, -0.15) is 0 Å². The zero-order chi connectivity index (χ0) is 17.7. The minimum Gasteiger partial charge on any atom is -0.496 e. The quantitative estimate of drug-likeness (QED) is 0.869. The summed E-state index contributed by atoms with van der Waals surface area (Å²) in [6.45, 7) is 5.64. The molecule has 1 atom stereocenters. The van der Waals surface area contributed by atoms with E-state index < -0.39 is 11.9 Å². The summed E-state index contributed by atoms with van der Waals surface area (Å²) in [5.74, 6) is -0.790. The number of ether oxygens (including phenoxy) is 1. The van der Waals surface area contributed by atoms with Crippen molar-refractivity contribution in [2.24, 2.45) is 5.92 Å². The third-order valence-electron chi connectivity index (χ3n) is 4.89. The van der Waals surface area contributed by atoms with Crippen LogP contribution < -0.4 is 4.74 Å². The van der Waals surface area contributed by atoms with Gasteiger partial charge in [-0.3, -0.25) is 9.59 Å². The zero-order valence-electron chi connectivity index (χ0n) is 14.7. The number of carboxylic acids is 1. The number of hydrogen-bond donors (Lipinski definition) is 1. The highest BCUT2D eigenvalue weighted by atomic mass is 16.5. The minimum atomic E-state index is -0.986. The van der Waals surface area contributed by atoms with Gasteiger partial charge >= 0.3 is 5.97 Å². The first-order chi connectivity index (χ1) is 11.5. The fraction of sp³-hybridized carbons (Fsp3) is 0.579. The molecule has 0 spiro atoms. The van der Waals surface area contributed by atoms with Crippen molar-refractivity contribution in [2.45, 2.75) is 45.4 Å². The van der Waals surface area contributed by atoms with Crippen LogP contribution in [0.15, 0.2) is 18.2 Å². The van der Waals surface area contributed by atoms with Gasteiger partial charge in [0.15, 0.2) is 0 Å². The van der Waals surface area contributed by atoms with Gasteiger partial charge in [-0.15, -0.1) is 0 Å². The molecular weight excluding hydrogens is 306 g/mol. The summed E-state index contributed by atoms with van der Waals surface area (Å²) in [6.07, 6.45) is 2.75. The molecule has 1 heterocycles. The Morgan fingerprint density at radius 2 is 2.00 bits per heavy atom. The molecule has 0 aliphatic carbocycles. The highest BCUT2D eigenvalue weighted by Crippen LogP contribution is 2.31. The molecule has 5 nitrogen and oxygen atoms in total. The molecule has 1 aromatic rings. The Hall–Kier alpha value is -2.04. The molecule has 24 heavy (non-hydrogen) atoms. The molecule has 1 aromatic carbocycles. The lowest BCUT2D eigenvalue weighted by atomic mass is 9.91. The standard InChI is InChI=1S/C19H27NO4/c1-4-14-5-6-17(24-3)15(11-14)16(19(22)23)12-18(21)20-9-7-13(2)8-10-20/h5-6,11,13,16H,4,7-10,12H2,1-3H3,(H,22,23). The fourth-order valence-corrected chi connectivity index (χ4v) is 3.17. The van der Waals surface area contributed by atoms with Gasteiger partial charge in [0.1, 0.15) is 5.75 Å². The second-order valence-corrected chi connectivity index (χ2v) is 6.59. The van der Waals surface area contributed by atoms with Crippen LogP contribution in [-0.2, 0) is 16.0 Å². The Bertz CT molecular complexity index is 591. The molecule has 1 aliphatic rings. The van der Waals surface area contributed by atoms with E-state index in [1.54, 1.807) is 11.0 Å². The molecule has 1 aliphatic heterocycles. The van der Waals surface area contributed by atoms with E-state index in [2.05, 4.69) is 6.92 Å². The Morgan fingerprint density at radius 1 is 1.33 bits per heavy atom. The summed E-state index contributed by atoms with van der Waals surface area (Å²) >= 11 is 0. The zero-order valence-corrected chi connectivity index (χ0v) is 14.7. The molecule has 1 fully saturated rings. The normalized spacial score (nSPS) is 16.7. The highest BCUT2D eigenvalue weighted by Gasteiger charge is 2.30. The SMILES string of the molecule is CCc1ccc(OC)c(C(CC(=O)N2CCC(C)CC2)C(=O)O)c1. The Balaban J connectivity index is 2.20. The first-order valence-electron chi connectivity index (χ1n) is 8.63. The number of likely N-dealkylation sites (tertiary alicyclic amines) is 1. The molecule has 0 saturated carbocycles. The van der Waals surface area contributed by atoms with Crippen LogP contribution >= 0.6 is 0 Å². The number of aliphatic carboxylic acids is 1. The van der Waals surface area contributed by atoms with Crippen molar-refractivity contribution < 1.29 is 19.4 Å². The monoisotopic (exact) mass is 333 g/mol. The van der Waals surface area contributed by atoms with Crippen LogP contribution in [0.3, 0.4) is 0 Å². The lowest BCUT2D eigenvalue weighted by molar-refractivity contribution is -0.143. The van der Waals surface area contributed by atoms with Gasteiger partial charge < -0.3 is 14.7 Å². The largest absolute Gasteiger partial charge is 0.496 e. The van der Waals surface area contributed by atoms with E-state index in [1.807, 2.05) is 19.1 Å². The summed E-state index contributed by atoms with van der Waals surface area (Å²) in [5, 5.41) is 9.67. The van der Waals surface area contributed by atoms with Crippen LogP contribution in [0.25, 0.3) is 0 Å². The van der Waals surface area contributed by atoms with Gasteiger partial charge in [-0.25, -0.2) is 0 Å². The van der Waals surface area contributed by atoms with E-state index in [4.69, 9.17) is 4.74 Å².